The minimum atomic E-state index is -0.380. The molecule has 0 aliphatic carbocycles. The van der Waals surface area contributed by atoms with E-state index in [9.17, 15) is 4.39 Å². The zero-order chi connectivity index (χ0) is 20.2. The van der Waals surface area contributed by atoms with Crippen LogP contribution in [0.15, 0.2) is 65.3 Å². The molecule has 1 N–H and O–H groups in total. The Morgan fingerprint density at radius 2 is 1.93 bits per heavy atom. The van der Waals surface area contributed by atoms with Crippen LogP contribution in [0.1, 0.15) is 17.0 Å². The summed E-state index contributed by atoms with van der Waals surface area (Å²) in [4.78, 5) is 0. The predicted octanol–water partition coefficient (Wildman–Crippen LogP) is 4.27. The summed E-state index contributed by atoms with van der Waals surface area (Å²) in [6.07, 6.45) is 1.91. The molecule has 2 aromatic carbocycles. The van der Waals surface area contributed by atoms with E-state index < -0.39 is 0 Å². The third-order valence-electron chi connectivity index (χ3n) is 4.53. The van der Waals surface area contributed by atoms with Crippen molar-refractivity contribution in [1.82, 2.24) is 20.3 Å². The molecule has 2 aromatic heterocycles. The summed E-state index contributed by atoms with van der Waals surface area (Å²) in [7, 11) is 1.51. The molecular weight excluding hydrogens is 371 g/mol. The molecule has 148 valence electrons. The third-order valence-corrected chi connectivity index (χ3v) is 4.53. The number of aromatic nitrogens is 3. The maximum absolute atomic E-state index is 14.7. The Kier molecular flexibility index (Phi) is 5.39. The molecule has 0 saturated heterocycles. The maximum atomic E-state index is 14.7. The number of para-hydroxylation sites is 1. The van der Waals surface area contributed by atoms with E-state index in [1.54, 1.807) is 16.8 Å². The van der Waals surface area contributed by atoms with E-state index in [0.29, 0.717) is 30.1 Å². The lowest BCUT2D eigenvalue weighted by Gasteiger charge is -2.06. The summed E-state index contributed by atoms with van der Waals surface area (Å²) in [5.41, 5.74) is 3.61. The Morgan fingerprint density at radius 3 is 2.62 bits per heavy atom. The molecule has 4 aromatic rings. The highest BCUT2D eigenvalue weighted by Crippen LogP contribution is 2.29. The van der Waals surface area contributed by atoms with Gasteiger partial charge >= 0.3 is 0 Å². The predicted molar refractivity (Wildman–Crippen MR) is 107 cm³/mol. The van der Waals surface area contributed by atoms with Crippen LogP contribution in [0.2, 0.25) is 0 Å². The van der Waals surface area contributed by atoms with E-state index in [0.717, 1.165) is 22.7 Å². The van der Waals surface area contributed by atoms with Crippen LogP contribution in [0.5, 0.6) is 5.75 Å². The molecule has 0 aliphatic heterocycles. The van der Waals surface area contributed by atoms with E-state index in [2.05, 4.69) is 15.6 Å². The number of ether oxygens (including phenoxy) is 1. The molecule has 0 atom stereocenters. The first-order valence-electron chi connectivity index (χ1n) is 9.25. The smallest absolute Gasteiger partial charge is 0.150 e. The van der Waals surface area contributed by atoms with Crippen LogP contribution in [0, 0.1) is 12.7 Å². The molecule has 0 amide bonds. The van der Waals surface area contributed by atoms with Gasteiger partial charge in [0.1, 0.15) is 17.3 Å². The van der Waals surface area contributed by atoms with Gasteiger partial charge in [-0.15, -0.1) is 0 Å². The molecular formula is C22H21FN4O2. The zero-order valence-electron chi connectivity index (χ0n) is 16.2. The van der Waals surface area contributed by atoms with Crippen molar-refractivity contribution in [1.29, 1.82) is 0 Å². The van der Waals surface area contributed by atoms with Gasteiger partial charge in [-0.25, -0.2) is 9.07 Å². The van der Waals surface area contributed by atoms with Gasteiger partial charge in [0.25, 0.3) is 0 Å². The maximum Gasteiger partial charge on any atom is 0.150 e. The Hall–Kier alpha value is -3.45. The fourth-order valence-electron chi connectivity index (χ4n) is 3.11. The molecule has 0 bridgehead atoms. The van der Waals surface area contributed by atoms with Crippen molar-refractivity contribution in [3.05, 3.63) is 83.6 Å². The van der Waals surface area contributed by atoms with Gasteiger partial charge in [-0.3, -0.25) is 0 Å². The van der Waals surface area contributed by atoms with E-state index in [-0.39, 0.29) is 5.82 Å². The Labute approximate surface area is 167 Å². The number of nitrogens with one attached hydrogen (secondary N) is 1. The quantitative estimate of drug-likeness (QED) is 0.509. The number of hydrogen-bond donors (Lipinski definition) is 1. The lowest BCUT2D eigenvalue weighted by atomic mass is 10.1. The second kappa shape index (κ2) is 8.28. The number of nitrogens with zero attached hydrogens (tertiary/aromatic N) is 3. The standard InChI is InChI=1S/C22H21FN4O2/c1-15-10-19(29-26-15)13-24-12-16-14-27(17-6-4-3-5-7-17)25-22(16)20-9-8-18(28-2)11-21(20)23/h3-11,14,24H,12-13H2,1-2H3. The van der Waals surface area contributed by atoms with Gasteiger partial charge in [0.2, 0.25) is 0 Å². The molecule has 2 heterocycles. The topological polar surface area (TPSA) is 65.1 Å². The van der Waals surface area contributed by atoms with Crippen molar-refractivity contribution in [3.8, 4) is 22.7 Å². The lowest BCUT2D eigenvalue weighted by molar-refractivity contribution is 0.369. The highest BCUT2D eigenvalue weighted by Gasteiger charge is 2.16. The number of benzene rings is 2. The normalized spacial score (nSPS) is 11.0. The van der Waals surface area contributed by atoms with Crippen molar-refractivity contribution >= 4 is 0 Å². The van der Waals surface area contributed by atoms with E-state index >= 15 is 0 Å². The minimum Gasteiger partial charge on any atom is -0.497 e. The van der Waals surface area contributed by atoms with Gasteiger partial charge in [-0.05, 0) is 31.2 Å². The van der Waals surface area contributed by atoms with Crippen molar-refractivity contribution in [2.45, 2.75) is 20.0 Å². The van der Waals surface area contributed by atoms with Crippen LogP contribution in [0.25, 0.3) is 16.9 Å². The van der Waals surface area contributed by atoms with Gasteiger partial charge in [0.15, 0.2) is 5.76 Å². The van der Waals surface area contributed by atoms with E-state index in [1.807, 2.05) is 49.5 Å². The van der Waals surface area contributed by atoms with Crippen LogP contribution in [-0.2, 0) is 13.1 Å². The molecule has 0 aliphatic rings. The van der Waals surface area contributed by atoms with Gasteiger partial charge in [0.05, 0.1) is 25.0 Å². The van der Waals surface area contributed by atoms with Gasteiger partial charge in [0, 0.05) is 36.0 Å². The number of aryl methyl sites for hydroxylation is 1. The summed E-state index contributed by atoms with van der Waals surface area (Å²) in [5.74, 6) is 0.832. The largest absolute Gasteiger partial charge is 0.497 e. The van der Waals surface area contributed by atoms with Crippen LogP contribution in [0.3, 0.4) is 0 Å². The molecule has 7 heteroatoms. The fraction of sp³-hybridized carbons (Fsp3) is 0.182. The highest BCUT2D eigenvalue weighted by molar-refractivity contribution is 5.65. The number of methoxy groups -OCH3 is 1. The minimum absolute atomic E-state index is 0.380. The molecule has 0 unspecified atom stereocenters. The van der Waals surface area contributed by atoms with Crippen molar-refractivity contribution in [2.75, 3.05) is 7.11 Å². The summed E-state index contributed by atoms with van der Waals surface area (Å²) in [6, 6.07) is 16.4. The average molecular weight is 392 g/mol. The van der Waals surface area contributed by atoms with Crippen molar-refractivity contribution in [2.24, 2.45) is 0 Å². The lowest BCUT2D eigenvalue weighted by Crippen LogP contribution is -2.12. The molecule has 29 heavy (non-hydrogen) atoms. The first-order valence-corrected chi connectivity index (χ1v) is 9.25. The van der Waals surface area contributed by atoms with E-state index in [4.69, 9.17) is 9.26 Å². The molecule has 0 saturated carbocycles. The molecule has 0 fully saturated rings. The zero-order valence-corrected chi connectivity index (χ0v) is 16.2. The summed E-state index contributed by atoms with van der Waals surface area (Å²) in [6.45, 7) is 2.89. The third kappa shape index (κ3) is 4.20. The van der Waals surface area contributed by atoms with Gasteiger partial charge in [-0.1, -0.05) is 23.4 Å². The second-order valence-electron chi connectivity index (χ2n) is 6.67. The summed E-state index contributed by atoms with van der Waals surface area (Å²) < 4.78 is 26.8. The molecule has 0 spiro atoms. The van der Waals surface area contributed by atoms with E-state index in [1.165, 1.54) is 13.2 Å². The van der Waals surface area contributed by atoms with Crippen LogP contribution >= 0.6 is 0 Å². The van der Waals surface area contributed by atoms with Crippen LogP contribution in [0.4, 0.5) is 4.39 Å². The first kappa shape index (κ1) is 18.9. The fourth-order valence-corrected chi connectivity index (χ4v) is 3.11. The number of hydrogen-bond acceptors (Lipinski definition) is 5. The van der Waals surface area contributed by atoms with Crippen LogP contribution < -0.4 is 10.1 Å². The number of halogens is 1. The Morgan fingerprint density at radius 1 is 1.10 bits per heavy atom. The highest BCUT2D eigenvalue weighted by atomic mass is 19.1. The van der Waals surface area contributed by atoms with Crippen molar-refractivity contribution < 1.29 is 13.7 Å². The number of rotatable bonds is 7. The van der Waals surface area contributed by atoms with Crippen LogP contribution in [-0.4, -0.2) is 22.0 Å². The van der Waals surface area contributed by atoms with Gasteiger partial charge in [-0.2, -0.15) is 5.10 Å². The molecule has 4 rings (SSSR count). The molecule has 0 radical (unpaired) electrons. The summed E-state index contributed by atoms with van der Waals surface area (Å²) >= 11 is 0. The molecule has 6 nitrogen and oxygen atoms in total. The Balaban J connectivity index is 1.65. The monoisotopic (exact) mass is 392 g/mol. The SMILES string of the molecule is COc1ccc(-c2nn(-c3ccccc3)cc2CNCc2cc(C)no2)c(F)c1. The van der Waals surface area contributed by atoms with Gasteiger partial charge < -0.3 is 14.6 Å². The van der Waals surface area contributed by atoms with Crippen molar-refractivity contribution in [3.63, 3.8) is 0 Å². The Bertz CT molecular complexity index is 1110. The second-order valence-corrected chi connectivity index (χ2v) is 6.67. The first-order chi connectivity index (χ1) is 14.1. The summed E-state index contributed by atoms with van der Waals surface area (Å²) in [5, 5.41) is 11.9. The average Bonchev–Trinajstić information content (AvgIpc) is 3.35.